The van der Waals surface area contributed by atoms with E-state index in [2.05, 4.69) is 10.6 Å². The predicted molar refractivity (Wildman–Crippen MR) is 104 cm³/mol. The van der Waals surface area contributed by atoms with Crippen LogP contribution in [0.15, 0.2) is 24.3 Å². The van der Waals surface area contributed by atoms with Gasteiger partial charge in [0.05, 0.1) is 25.7 Å². The SMILES string of the molecule is COc1cc(C)c(NCC(=O)Nc2cc(C)c(C)cc2[N+](=O)[O-])cc1OC. The van der Waals surface area contributed by atoms with Gasteiger partial charge in [-0.1, -0.05) is 0 Å². The van der Waals surface area contributed by atoms with Crippen LogP contribution in [-0.2, 0) is 4.79 Å². The molecule has 8 heteroatoms. The number of methoxy groups -OCH3 is 2. The molecule has 8 nitrogen and oxygen atoms in total. The highest BCUT2D eigenvalue weighted by molar-refractivity contribution is 5.96. The summed E-state index contributed by atoms with van der Waals surface area (Å²) in [5.74, 6) is 0.738. The molecule has 0 aliphatic carbocycles. The van der Waals surface area contributed by atoms with Gasteiger partial charge < -0.3 is 20.1 Å². The molecule has 2 aromatic carbocycles. The summed E-state index contributed by atoms with van der Waals surface area (Å²) in [6, 6.07) is 6.59. The quantitative estimate of drug-likeness (QED) is 0.568. The summed E-state index contributed by atoms with van der Waals surface area (Å²) in [6.45, 7) is 5.44. The number of ether oxygens (including phenoxy) is 2. The molecule has 0 aromatic heterocycles. The number of aryl methyl sites for hydroxylation is 3. The van der Waals surface area contributed by atoms with Crippen molar-refractivity contribution in [2.75, 3.05) is 31.4 Å². The molecule has 0 aliphatic heterocycles. The summed E-state index contributed by atoms with van der Waals surface area (Å²) in [4.78, 5) is 23.0. The highest BCUT2D eigenvalue weighted by Crippen LogP contribution is 2.33. The number of nitrogens with zero attached hydrogens (tertiary/aromatic N) is 1. The van der Waals surface area contributed by atoms with E-state index in [0.717, 1.165) is 16.7 Å². The van der Waals surface area contributed by atoms with Gasteiger partial charge in [-0.2, -0.15) is 0 Å². The van der Waals surface area contributed by atoms with E-state index in [1.165, 1.54) is 13.2 Å². The number of nitrogens with one attached hydrogen (secondary N) is 2. The normalized spacial score (nSPS) is 10.3. The molecular formula is C19H23N3O5. The number of hydrogen-bond donors (Lipinski definition) is 2. The number of benzene rings is 2. The third kappa shape index (κ3) is 4.66. The lowest BCUT2D eigenvalue weighted by Gasteiger charge is -2.14. The van der Waals surface area contributed by atoms with E-state index in [1.807, 2.05) is 13.8 Å². The third-order valence-electron chi connectivity index (χ3n) is 4.25. The summed E-state index contributed by atoms with van der Waals surface area (Å²) in [7, 11) is 3.08. The second-order valence-corrected chi connectivity index (χ2v) is 6.13. The van der Waals surface area contributed by atoms with Gasteiger partial charge in [0.25, 0.3) is 5.69 Å². The first-order valence-corrected chi connectivity index (χ1v) is 8.28. The summed E-state index contributed by atoms with van der Waals surface area (Å²) >= 11 is 0. The van der Waals surface area contributed by atoms with Crippen molar-refractivity contribution >= 4 is 23.0 Å². The monoisotopic (exact) mass is 373 g/mol. The summed E-state index contributed by atoms with van der Waals surface area (Å²) in [6.07, 6.45) is 0. The van der Waals surface area contributed by atoms with Gasteiger partial charge in [0.15, 0.2) is 11.5 Å². The molecule has 0 spiro atoms. The smallest absolute Gasteiger partial charge is 0.293 e. The maximum Gasteiger partial charge on any atom is 0.293 e. The van der Waals surface area contributed by atoms with Gasteiger partial charge in [-0.3, -0.25) is 14.9 Å². The molecule has 0 saturated carbocycles. The van der Waals surface area contributed by atoms with Gasteiger partial charge in [-0.15, -0.1) is 0 Å². The molecule has 0 unspecified atom stereocenters. The fourth-order valence-electron chi connectivity index (χ4n) is 2.59. The zero-order chi connectivity index (χ0) is 20.1. The molecule has 0 bridgehead atoms. The van der Waals surface area contributed by atoms with Crippen LogP contribution in [0.2, 0.25) is 0 Å². The standard InChI is InChI=1S/C19H23N3O5/c1-11-6-15(16(22(24)25)7-12(11)2)21-19(23)10-20-14-9-18(27-5)17(26-4)8-13(14)3/h6-9,20H,10H2,1-5H3,(H,21,23). The maximum absolute atomic E-state index is 12.3. The molecule has 2 rings (SSSR count). The Morgan fingerprint density at radius 1 is 0.963 bits per heavy atom. The van der Waals surface area contributed by atoms with Crippen LogP contribution >= 0.6 is 0 Å². The van der Waals surface area contributed by atoms with E-state index in [0.29, 0.717) is 17.2 Å². The maximum atomic E-state index is 12.3. The fraction of sp³-hybridized carbons (Fsp3) is 0.316. The molecule has 0 atom stereocenters. The molecule has 0 radical (unpaired) electrons. The molecule has 0 fully saturated rings. The first kappa shape index (κ1) is 20.0. The number of carbonyl (C=O) groups excluding carboxylic acids is 1. The highest BCUT2D eigenvalue weighted by atomic mass is 16.6. The van der Waals surface area contributed by atoms with Crippen LogP contribution in [0.25, 0.3) is 0 Å². The van der Waals surface area contributed by atoms with Crippen LogP contribution in [0.4, 0.5) is 17.1 Å². The van der Waals surface area contributed by atoms with Gasteiger partial charge in [-0.25, -0.2) is 0 Å². The predicted octanol–water partition coefficient (Wildman–Crippen LogP) is 3.59. The molecular weight excluding hydrogens is 350 g/mol. The van der Waals surface area contributed by atoms with Crippen molar-refractivity contribution in [3.05, 3.63) is 51.1 Å². The topological polar surface area (TPSA) is 103 Å². The lowest BCUT2D eigenvalue weighted by atomic mass is 10.1. The second kappa shape index (κ2) is 8.39. The molecule has 27 heavy (non-hydrogen) atoms. The Morgan fingerprint density at radius 2 is 1.56 bits per heavy atom. The Morgan fingerprint density at radius 3 is 2.15 bits per heavy atom. The van der Waals surface area contributed by atoms with Crippen molar-refractivity contribution in [2.45, 2.75) is 20.8 Å². The summed E-state index contributed by atoms with van der Waals surface area (Å²) < 4.78 is 10.5. The molecule has 0 aliphatic rings. The average Bonchev–Trinajstić information content (AvgIpc) is 2.62. The lowest BCUT2D eigenvalue weighted by Crippen LogP contribution is -2.22. The largest absolute Gasteiger partial charge is 0.493 e. The van der Waals surface area contributed by atoms with E-state index >= 15 is 0 Å². The van der Waals surface area contributed by atoms with E-state index in [1.54, 1.807) is 32.2 Å². The Balaban J connectivity index is 2.14. The fourth-order valence-corrected chi connectivity index (χ4v) is 2.59. The van der Waals surface area contributed by atoms with Gasteiger partial charge in [0.1, 0.15) is 5.69 Å². The molecule has 0 saturated heterocycles. The number of amides is 1. The second-order valence-electron chi connectivity index (χ2n) is 6.13. The van der Waals surface area contributed by atoms with Crippen molar-refractivity contribution in [3.63, 3.8) is 0 Å². The van der Waals surface area contributed by atoms with E-state index in [9.17, 15) is 14.9 Å². The van der Waals surface area contributed by atoms with Crippen LogP contribution in [0.3, 0.4) is 0 Å². The van der Waals surface area contributed by atoms with Gasteiger partial charge >= 0.3 is 0 Å². The van der Waals surface area contributed by atoms with Crippen LogP contribution < -0.4 is 20.1 Å². The first-order chi connectivity index (χ1) is 12.8. The van der Waals surface area contributed by atoms with Crippen LogP contribution in [0.5, 0.6) is 11.5 Å². The number of nitro groups is 1. The molecule has 2 N–H and O–H groups in total. The number of carbonyl (C=O) groups is 1. The van der Waals surface area contributed by atoms with E-state index < -0.39 is 10.8 Å². The van der Waals surface area contributed by atoms with Gasteiger partial charge in [-0.05, 0) is 49.6 Å². The average molecular weight is 373 g/mol. The summed E-state index contributed by atoms with van der Waals surface area (Å²) in [5, 5.41) is 16.9. The molecule has 1 amide bonds. The number of rotatable bonds is 7. The zero-order valence-electron chi connectivity index (χ0n) is 16.0. The zero-order valence-corrected chi connectivity index (χ0v) is 16.0. The summed E-state index contributed by atoms with van der Waals surface area (Å²) in [5.41, 5.74) is 3.28. The first-order valence-electron chi connectivity index (χ1n) is 8.28. The van der Waals surface area contributed by atoms with Crippen LogP contribution in [-0.4, -0.2) is 31.6 Å². The molecule has 144 valence electrons. The van der Waals surface area contributed by atoms with Crippen LogP contribution in [0.1, 0.15) is 16.7 Å². The van der Waals surface area contributed by atoms with Crippen molar-refractivity contribution in [1.82, 2.24) is 0 Å². The highest BCUT2D eigenvalue weighted by Gasteiger charge is 2.18. The minimum Gasteiger partial charge on any atom is -0.493 e. The minimum absolute atomic E-state index is 0.0552. The number of nitro benzene ring substituents is 1. The Labute approximate surface area is 157 Å². The number of anilines is 2. The molecule has 2 aromatic rings. The number of hydrogen-bond acceptors (Lipinski definition) is 6. The third-order valence-corrected chi connectivity index (χ3v) is 4.25. The Bertz CT molecular complexity index is 880. The Kier molecular flexibility index (Phi) is 6.23. The van der Waals surface area contributed by atoms with Crippen molar-refractivity contribution in [2.24, 2.45) is 0 Å². The van der Waals surface area contributed by atoms with Gasteiger partial charge in [0.2, 0.25) is 5.91 Å². The van der Waals surface area contributed by atoms with Crippen molar-refractivity contribution < 1.29 is 19.2 Å². The van der Waals surface area contributed by atoms with Crippen molar-refractivity contribution in [3.8, 4) is 11.5 Å². The van der Waals surface area contributed by atoms with E-state index in [4.69, 9.17) is 9.47 Å². The van der Waals surface area contributed by atoms with Gasteiger partial charge in [0, 0.05) is 17.8 Å². The Hall–Kier alpha value is -3.29. The minimum atomic E-state index is -0.506. The van der Waals surface area contributed by atoms with E-state index in [-0.39, 0.29) is 17.9 Å². The lowest BCUT2D eigenvalue weighted by molar-refractivity contribution is -0.384. The van der Waals surface area contributed by atoms with Crippen LogP contribution in [0, 0.1) is 30.9 Å². The molecule has 0 heterocycles. The van der Waals surface area contributed by atoms with Crippen molar-refractivity contribution in [1.29, 1.82) is 0 Å².